The van der Waals surface area contributed by atoms with Gasteiger partial charge in [-0.1, -0.05) is 277 Å². The van der Waals surface area contributed by atoms with Crippen LogP contribution in [0.1, 0.15) is 296 Å². The Kier molecular flexibility index (Phi) is 46.0. The van der Waals surface area contributed by atoms with Gasteiger partial charge in [0.05, 0.1) is 6.61 Å². The van der Waals surface area contributed by atoms with Crippen LogP contribution in [0.2, 0.25) is 0 Å². The zero-order chi connectivity index (χ0) is 36.1. The summed E-state index contributed by atoms with van der Waals surface area (Å²) in [4.78, 5) is 12.0. The molecule has 0 N–H and O–H groups in total. The van der Waals surface area contributed by atoms with E-state index in [1.165, 1.54) is 263 Å². The molecule has 0 aromatic rings. The molecule has 0 spiro atoms. The van der Waals surface area contributed by atoms with Crippen LogP contribution in [0.4, 0.5) is 0 Å². The van der Waals surface area contributed by atoms with Gasteiger partial charge in [0.1, 0.15) is 0 Å². The molecule has 0 aromatic carbocycles. The highest BCUT2D eigenvalue weighted by Crippen LogP contribution is 2.17. The van der Waals surface area contributed by atoms with Crippen LogP contribution in [-0.2, 0) is 9.53 Å². The lowest BCUT2D eigenvalue weighted by atomic mass is 10.0. The van der Waals surface area contributed by atoms with Crippen molar-refractivity contribution in [1.29, 1.82) is 0 Å². The lowest BCUT2D eigenvalue weighted by Crippen LogP contribution is -2.05. The average Bonchev–Trinajstić information content (AvgIpc) is 3.12. The standard InChI is InChI=1S/C48H96O2/c1-3-5-7-9-11-13-15-16-17-18-19-20-21-22-23-24-25-26-27-28-29-30-31-32-33-34-35-36-38-40-42-44-46-48(49)50-47-45-43-41-39-37-14-12-10-8-6-4-2/h3-47H2,1-2H3. The van der Waals surface area contributed by atoms with E-state index in [0.717, 1.165) is 12.8 Å². The molecule has 0 aromatic heterocycles. The topological polar surface area (TPSA) is 26.3 Å². The Balaban J connectivity index is 3.12. The molecule has 50 heavy (non-hydrogen) atoms. The van der Waals surface area contributed by atoms with E-state index in [9.17, 15) is 4.79 Å². The maximum Gasteiger partial charge on any atom is 0.305 e. The van der Waals surface area contributed by atoms with Crippen molar-refractivity contribution in [2.24, 2.45) is 0 Å². The molecule has 0 aliphatic carbocycles. The fourth-order valence-electron chi connectivity index (χ4n) is 7.67. The summed E-state index contributed by atoms with van der Waals surface area (Å²) in [7, 11) is 0. The van der Waals surface area contributed by atoms with Crippen molar-refractivity contribution < 1.29 is 9.53 Å². The van der Waals surface area contributed by atoms with E-state index < -0.39 is 0 Å². The number of hydrogen-bond donors (Lipinski definition) is 0. The molecule has 0 amide bonds. The summed E-state index contributed by atoms with van der Waals surface area (Å²) >= 11 is 0. The number of esters is 1. The lowest BCUT2D eigenvalue weighted by Gasteiger charge is -2.06. The average molecular weight is 705 g/mol. The van der Waals surface area contributed by atoms with Crippen molar-refractivity contribution in [2.45, 2.75) is 296 Å². The summed E-state index contributed by atoms with van der Waals surface area (Å²) in [5, 5.41) is 0. The van der Waals surface area contributed by atoms with Crippen molar-refractivity contribution in [3.8, 4) is 0 Å². The quantitative estimate of drug-likeness (QED) is 0.0466. The summed E-state index contributed by atoms with van der Waals surface area (Å²) in [6, 6.07) is 0. The maximum atomic E-state index is 12.0. The van der Waals surface area contributed by atoms with Crippen molar-refractivity contribution in [1.82, 2.24) is 0 Å². The normalized spacial score (nSPS) is 11.5. The highest BCUT2D eigenvalue weighted by atomic mass is 16.5. The number of ether oxygens (including phenoxy) is 1. The first-order valence-corrected chi connectivity index (χ1v) is 24.0. The van der Waals surface area contributed by atoms with Gasteiger partial charge in [-0.25, -0.2) is 0 Å². The predicted octanol–water partition coefficient (Wildman–Crippen LogP) is 17.7. The largest absolute Gasteiger partial charge is 0.466 e. The summed E-state index contributed by atoms with van der Waals surface area (Å²) in [5.41, 5.74) is 0. The van der Waals surface area contributed by atoms with Crippen molar-refractivity contribution >= 4 is 5.97 Å². The van der Waals surface area contributed by atoms with Gasteiger partial charge in [-0.15, -0.1) is 0 Å². The summed E-state index contributed by atoms with van der Waals surface area (Å²) in [6.45, 7) is 5.22. The van der Waals surface area contributed by atoms with Crippen LogP contribution in [-0.4, -0.2) is 12.6 Å². The third kappa shape index (κ3) is 45.5. The Hall–Kier alpha value is -0.530. The van der Waals surface area contributed by atoms with E-state index in [0.29, 0.717) is 13.0 Å². The molecule has 0 aliphatic heterocycles. The zero-order valence-corrected chi connectivity index (χ0v) is 35.1. The van der Waals surface area contributed by atoms with Gasteiger partial charge in [-0.05, 0) is 12.8 Å². The molecule has 2 nitrogen and oxygen atoms in total. The smallest absolute Gasteiger partial charge is 0.305 e. The zero-order valence-electron chi connectivity index (χ0n) is 35.1. The van der Waals surface area contributed by atoms with Gasteiger partial charge < -0.3 is 4.74 Å². The van der Waals surface area contributed by atoms with E-state index in [2.05, 4.69) is 13.8 Å². The molecule has 0 aliphatic rings. The lowest BCUT2D eigenvalue weighted by molar-refractivity contribution is -0.143. The predicted molar refractivity (Wildman–Crippen MR) is 225 cm³/mol. The number of carbonyl (C=O) groups excluding carboxylic acids is 1. The summed E-state index contributed by atoms with van der Waals surface area (Å²) < 4.78 is 5.45. The van der Waals surface area contributed by atoms with Crippen LogP contribution in [0.25, 0.3) is 0 Å². The molecule has 0 heterocycles. The van der Waals surface area contributed by atoms with Crippen LogP contribution in [0, 0.1) is 0 Å². The van der Waals surface area contributed by atoms with Gasteiger partial charge in [-0.3, -0.25) is 4.79 Å². The molecule has 0 fully saturated rings. The highest BCUT2D eigenvalue weighted by molar-refractivity contribution is 5.69. The number of hydrogen-bond acceptors (Lipinski definition) is 2. The molecule has 0 saturated heterocycles. The van der Waals surface area contributed by atoms with Crippen LogP contribution >= 0.6 is 0 Å². The summed E-state index contributed by atoms with van der Waals surface area (Å²) in [5.74, 6) is 0.0302. The second-order valence-electron chi connectivity index (χ2n) is 16.5. The molecule has 2 heteroatoms. The molecule has 300 valence electrons. The minimum absolute atomic E-state index is 0.0302. The third-order valence-corrected chi connectivity index (χ3v) is 11.2. The monoisotopic (exact) mass is 705 g/mol. The van der Waals surface area contributed by atoms with Gasteiger partial charge in [0.15, 0.2) is 0 Å². The fraction of sp³-hybridized carbons (Fsp3) is 0.979. The van der Waals surface area contributed by atoms with Gasteiger partial charge >= 0.3 is 5.97 Å². The Morgan fingerprint density at radius 3 is 0.660 bits per heavy atom. The Morgan fingerprint density at radius 2 is 0.440 bits per heavy atom. The molecule has 0 unspecified atom stereocenters. The first-order chi connectivity index (χ1) is 24.8. The van der Waals surface area contributed by atoms with Crippen LogP contribution in [0.5, 0.6) is 0 Å². The van der Waals surface area contributed by atoms with Gasteiger partial charge in [0.2, 0.25) is 0 Å². The van der Waals surface area contributed by atoms with E-state index in [4.69, 9.17) is 4.74 Å². The van der Waals surface area contributed by atoms with Crippen LogP contribution in [0.15, 0.2) is 0 Å². The Labute approximate surface area is 317 Å². The Bertz CT molecular complexity index is 601. The molecular weight excluding hydrogens is 609 g/mol. The van der Waals surface area contributed by atoms with Crippen LogP contribution < -0.4 is 0 Å². The second-order valence-corrected chi connectivity index (χ2v) is 16.5. The first kappa shape index (κ1) is 49.5. The fourth-order valence-corrected chi connectivity index (χ4v) is 7.67. The van der Waals surface area contributed by atoms with Crippen LogP contribution in [0.3, 0.4) is 0 Å². The highest BCUT2D eigenvalue weighted by Gasteiger charge is 2.03. The van der Waals surface area contributed by atoms with E-state index in [1.54, 1.807) is 0 Å². The molecule has 0 saturated carbocycles. The third-order valence-electron chi connectivity index (χ3n) is 11.2. The number of rotatable bonds is 45. The molecule has 0 rings (SSSR count). The molecule has 0 atom stereocenters. The maximum absolute atomic E-state index is 12.0. The molecule has 0 bridgehead atoms. The van der Waals surface area contributed by atoms with E-state index >= 15 is 0 Å². The van der Waals surface area contributed by atoms with Crippen molar-refractivity contribution in [2.75, 3.05) is 6.61 Å². The number of carbonyl (C=O) groups is 1. The minimum Gasteiger partial charge on any atom is -0.466 e. The molecule has 0 radical (unpaired) electrons. The SMILES string of the molecule is CCCCCCCCCCCCCCCCCCCCCCCCCCCCCCCCCCC(=O)OCCCCCCCCCCCCC. The van der Waals surface area contributed by atoms with E-state index in [1.807, 2.05) is 0 Å². The number of unbranched alkanes of at least 4 members (excludes halogenated alkanes) is 41. The van der Waals surface area contributed by atoms with Gasteiger partial charge in [0, 0.05) is 6.42 Å². The van der Waals surface area contributed by atoms with Gasteiger partial charge in [0.25, 0.3) is 0 Å². The summed E-state index contributed by atoms with van der Waals surface area (Å²) in [6.07, 6.45) is 61.0. The van der Waals surface area contributed by atoms with Crippen molar-refractivity contribution in [3.05, 3.63) is 0 Å². The second kappa shape index (κ2) is 46.5. The minimum atomic E-state index is 0.0302. The Morgan fingerprint density at radius 1 is 0.260 bits per heavy atom. The van der Waals surface area contributed by atoms with Crippen molar-refractivity contribution in [3.63, 3.8) is 0 Å². The van der Waals surface area contributed by atoms with E-state index in [-0.39, 0.29) is 5.97 Å². The first-order valence-electron chi connectivity index (χ1n) is 24.0. The molecular formula is C48H96O2. The van der Waals surface area contributed by atoms with Gasteiger partial charge in [-0.2, -0.15) is 0 Å².